The molecule has 2 aliphatic rings. The predicted octanol–water partition coefficient (Wildman–Crippen LogP) is 4.61. The number of carbonyl (C=O) groups is 3. The lowest BCUT2D eigenvalue weighted by Gasteiger charge is -2.40. The molecular formula is C30H23F2IN6O3. The minimum atomic E-state index is -1.45. The van der Waals surface area contributed by atoms with Crippen molar-refractivity contribution < 1.29 is 23.2 Å². The Bertz CT molecular complexity index is 1630. The first kappa shape index (κ1) is 29.1. The lowest BCUT2D eigenvalue weighted by Crippen LogP contribution is -2.55. The van der Waals surface area contributed by atoms with Crippen molar-refractivity contribution in [2.75, 3.05) is 9.80 Å². The average Bonchev–Trinajstić information content (AvgIpc) is 3.35. The van der Waals surface area contributed by atoms with E-state index in [4.69, 9.17) is 0 Å². The maximum Gasteiger partial charge on any atom is 0.251 e. The molecule has 1 aliphatic heterocycles. The Hall–Kier alpha value is -4.43. The van der Waals surface area contributed by atoms with Gasteiger partial charge in [-0.1, -0.05) is 30.3 Å². The van der Waals surface area contributed by atoms with Gasteiger partial charge in [0.05, 0.1) is 23.3 Å². The van der Waals surface area contributed by atoms with E-state index < -0.39 is 45.3 Å². The van der Waals surface area contributed by atoms with E-state index in [9.17, 15) is 33.7 Å². The molecule has 2 aromatic carbocycles. The smallest absolute Gasteiger partial charge is 0.251 e. The molecule has 0 unspecified atom stereocenters. The number of nitriles is 2. The van der Waals surface area contributed by atoms with Crippen LogP contribution >= 0.6 is 22.6 Å². The van der Waals surface area contributed by atoms with E-state index in [-0.39, 0.29) is 48.3 Å². The number of amides is 3. The average molecular weight is 680 g/mol. The number of carbonyl (C=O) groups excluding carboxylic acids is 3. The molecule has 212 valence electrons. The summed E-state index contributed by atoms with van der Waals surface area (Å²) in [6.45, 7) is 0. The second-order valence-corrected chi connectivity index (χ2v) is 12.1. The van der Waals surface area contributed by atoms with E-state index >= 15 is 0 Å². The number of nitrogens with zero attached hydrogens (tertiary/aromatic N) is 5. The van der Waals surface area contributed by atoms with Crippen LogP contribution in [0.3, 0.4) is 0 Å². The van der Waals surface area contributed by atoms with Gasteiger partial charge in [-0.2, -0.15) is 10.5 Å². The van der Waals surface area contributed by atoms with Gasteiger partial charge in [0.2, 0.25) is 11.8 Å². The molecule has 2 heterocycles. The van der Waals surface area contributed by atoms with Gasteiger partial charge in [0, 0.05) is 37.2 Å². The molecule has 1 N–H and O–H groups in total. The van der Waals surface area contributed by atoms with Crippen molar-refractivity contribution in [3.05, 3.63) is 89.4 Å². The lowest BCUT2D eigenvalue weighted by atomic mass is 9.90. The van der Waals surface area contributed by atoms with Crippen LogP contribution in [0, 0.1) is 28.5 Å². The predicted molar refractivity (Wildman–Crippen MR) is 156 cm³/mol. The van der Waals surface area contributed by atoms with Crippen LogP contribution in [0.4, 0.5) is 20.3 Å². The van der Waals surface area contributed by atoms with Crippen molar-refractivity contribution in [1.82, 2.24) is 10.3 Å². The number of alkyl halides is 2. The second kappa shape index (κ2) is 11.8. The van der Waals surface area contributed by atoms with E-state index in [0.717, 1.165) is 17.0 Å². The van der Waals surface area contributed by atoms with Crippen LogP contribution in [0.25, 0.3) is 0 Å². The van der Waals surface area contributed by atoms with Gasteiger partial charge >= 0.3 is 0 Å². The lowest BCUT2D eigenvalue weighted by molar-refractivity contribution is -0.128. The number of pyridine rings is 1. The molecule has 0 radical (unpaired) electrons. The molecule has 1 aromatic heterocycles. The van der Waals surface area contributed by atoms with Crippen LogP contribution in [0.1, 0.15) is 48.4 Å². The molecule has 0 spiro atoms. The van der Waals surface area contributed by atoms with Crippen molar-refractivity contribution in [2.45, 2.75) is 47.5 Å². The number of benzene rings is 2. The summed E-state index contributed by atoms with van der Waals surface area (Å²) in [6.07, 6.45) is 1.57. The number of halogens is 3. The third-order valence-corrected chi connectivity index (χ3v) is 8.08. The van der Waals surface area contributed by atoms with Gasteiger partial charge in [-0.05, 0) is 64.9 Å². The Balaban J connectivity index is 1.62. The van der Waals surface area contributed by atoms with Gasteiger partial charge in [-0.25, -0.2) is 13.8 Å². The quantitative estimate of drug-likeness (QED) is 0.287. The second-order valence-electron chi connectivity index (χ2n) is 10.1. The fourth-order valence-corrected chi connectivity index (χ4v) is 6.33. The van der Waals surface area contributed by atoms with Gasteiger partial charge in [-0.15, -0.1) is 0 Å². The minimum absolute atomic E-state index is 0.00613. The van der Waals surface area contributed by atoms with E-state index in [1.54, 1.807) is 52.9 Å². The summed E-state index contributed by atoms with van der Waals surface area (Å²) in [7, 11) is 0. The molecule has 1 saturated carbocycles. The normalized spacial score (nSPS) is 21.9. The van der Waals surface area contributed by atoms with Crippen LogP contribution < -0.4 is 15.1 Å². The Morgan fingerprint density at radius 3 is 2.48 bits per heavy atom. The highest BCUT2D eigenvalue weighted by Crippen LogP contribution is 2.43. The van der Waals surface area contributed by atoms with Crippen molar-refractivity contribution in [2.24, 2.45) is 0 Å². The highest BCUT2D eigenvalue weighted by Gasteiger charge is 2.47. The zero-order valence-electron chi connectivity index (χ0n) is 22.0. The van der Waals surface area contributed by atoms with Gasteiger partial charge < -0.3 is 5.32 Å². The first-order valence-electron chi connectivity index (χ1n) is 13.1. The van der Waals surface area contributed by atoms with Crippen LogP contribution in [0.15, 0.2) is 66.9 Å². The number of anilines is 2. The number of nitrogens with one attached hydrogen (secondary N) is 1. The monoisotopic (exact) mass is 680 g/mol. The zero-order valence-corrected chi connectivity index (χ0v) is 24.2. The van der Waals surface area contributed by atoms with Gasteiger partial charge in [0.1, 0.15) is 23.7 Å². The fourth-order valence-electron chi connectivity index (χ4n) is 5.26. The summed E-state index contributed by atoms with van der Waals surface area (Å²) in [6, 6.07) is 15.4. The molecule has 12 heteroatoms. The summed E-state index contributed by atoms with van der Waals surface area (Å²) in [5.74, 6) is -2.48. The molecular weight excluding hydrogens is 657 g/mol. The molecule has 9 nitrogen and oxygen atoms in total. The van der Waals surface area contributed by atoms with Crippen LogP contribution in [0.5, 0.6) is 0 Å². The van der Waals surface area contributed by atoms with Crippen molar-refractivity contribution in [1.29, 1.82) is 10.5 Å². The van der Waals surface area contributed by atoms with Gasteiger partial charge in [-0.3, -0.25) is 24.2 Å². The Labute approximate surface area is 253 Å². The van der Waals surface area contributed by atoms with E-state index in [1.165, 1.54) is 29.3 Å². The van der Waals surface area contributed by atoms with E-state index in [0.29, 0.717) is 5.56 Å². The summed E-state index contributed by atoms with van der Waals surface area (Å²) < 4.78 is 27.6. The molecule has 2 fully saturated rings. The molecule has 42 heavy (non-hydrogen) atoms. The van der Waals surface area contributed by atoms with E-state index in [1.807, 2.05) is 12.1 Å². The standard InChI is InChI=1S/C30H23F2IN6O3/c31-21-10-19(17-35)11-23(13-21)38(27(20-4-2-1-3-5-20)28(41)37-22-14-30(32,33)15-22)29(42)24-6-7-26(40)39(24)25-12-18(16-34)8-9-36-25/h1-5,8-13,22,24,27H,6-7,14-15H2,(H,37,41)/t22?,24-,27-,30?/m0/s1. The van der Waals surface area contributed by atoms with Crippen molar-refractivity contribution in [3.63, 3.8) is 0 Å². The van der Waals surface area contributed by atoms with Gasteiger partial charge in [0.15, 0.2) is 3.68 Å². The van der Waals surface area contributed by atoms with Crippen molar-refractivity contribution in [3.8, 4) is 12.1 Å². The zero-order chi connectivity index (χ0) is 30.0. The maximum atomic E-state index is 14.8. The Morgan fingerprint density at radius 1 is 1.10 bits per heavy atom. The number of rotatable bonds is 7. The minimum Gasteiger partial charge on any atom is -0.351 e. The molecule has 3 amide bonds. The van der Waals surface area contributed by atoms with Crippen LogP contribution in [-0.4, -0.2) is 38.5 Å². The van der Waals surface area contributed by atoms with Crippen LogP contribution in [-0.2, 0) is 14.4 Å². The molecule has 2 atom stereocenters. The topological polar surface area (TPSA) is 130 Å². The third kappa shape index (κ3) is 5.94. The highest BCUT2D eigenvalue weighted by molar-refractivity contribution is 14.1. The SMILES string of the molecule is N#Cc1cc(F)cc(N(C(=O)[C@@H]2CCC(=O)N2c2cc(C#N)ccn2)[C@H](C(=O)NC2CC(F)(I)C2)c2ccccc2)c1. The Kier molecular flexibility index (Phi) is 8.18. The fraction of sp³-hybridized carbons (Fsp3) is 0.267. The van der Waals surface area contributed by atoms with Crippen molar-refractivity contribution >= 4 is 51.8 Å². The van der Waals surface area contributed by atoms with Gasteiger partial charge in [0.25, 0.3) is 5.91 Å². The first-order valence-corrected chi connectivity index (χ1v) is 14.1. The number of hydrogen-bond donors (Lipinski definition) is 1. The Morgan fingerprint density at radius 2 is 1.81 bits per heavy atom. The molecule has 1 aliphatic carbocycles. The van der Waals surface area contributed by atoms with E-state index in [2.05, 4.69) is 10.3 Å². The molecule has 1 saturated heterocycles. The third-order valence-electron chi connectivity index (χ3n) is 7.20. The summed E-state index contributed by atoms with van der Waals surface area (Å²) >= 11 is 1.68. The summed E-state index contributed by atoms with van der Waals surface area (Å²) in [5.41, 5.74) is 0.462. The molecule has 3 aromatic rings. The highest BCUT2D eigenvalue weighted by atomic mass is 127. The largest absolute Gasteiger partial charge is 0.351 e. The van der Waals surface area contributed by atoms with Crippen LogP contribution in [0.2, 0.25) is 0 Å². The molecule has 0 bridgehead atoms. The summed E-state index contributed by atoms with van der Waals surface area (Å²) in [4.78, 5) is 48.0. The number of aromatic nitrogens is 1. The molecule has 5 rings (SSSR count). The number of hydrogen-bond acceptors (Lipinski definition) is 6. The first-order chi connectivity index (χ1) is 20.1. The summed E-state index contributed by atoms with van der Waals surface area (Å²) in [5, 5.41) is 21.7. The maximum absolute atomic E-state index is 14.8.